The van der Waals surface area contributed by atoms with E-state index in [0.29, 0.717) is 0 Å². The van der Waals surface area contributed by atoms with Gasteiger partial charge in [0.15, 0.2) is 0 Å². The van der Waals surface area contributed by atoms with Crippen molar-refractivity contribution in [3.8, 4) is 0 Å². The average molecular weight is 284 g/mol. The second-order valence-corrected chi connectivity index (χ2v) is 5.47. The van der Waals surface area contributed by atoms with Gasteiger partial charge in [-0.25, -0.2) is 0 Å². The van der Waals surface area contributed by atoms with E-state index in [1.54, 1.807) is 64.2 Å². The first kappa shape index (κ1) is 18.8. The second-order valence-electron chi connectivity index (χ2n) is 5.47. The first-order valence-electron chi connectivity index (χ1n) is 5.87. The van der Waals surface area contributed by atoms with Gasteiger partial charge in [0.25, 0.3) is 0 Å². The summed E-state index contributed by atoms with van der Waals surface area (Å²) < 4.78 is 0. The van der Waals surface area contributed by atoms with Crippen LogP contribution in [0.25, 0.3) is 0 Å². The van der Waals surface area contributed by atoms with Crippen LogP contribution in [0.5, 0.6) is 0 Å². The Morgan fingerprint density at radius 3 is 1.00 bits per heavy atom. The molecule has 0 N–H and O–H groups in total. The van der Waals surface area contributed by atoms with Crippen LogP contribution in [0.15, 0.2) is 0 Å². The van der Waals surface area contributed by atoms with E-state index in [-0.39, 0.29) is 113 Å². The summed E-state index contributed by atoms with van der Waals surface area (Å²) in [7, 11) is 0. The SMILES string of the molecule is C1CCC23CCCC2(C1)CCC3.[Ar].[Ar].[Ar]. The van der Waals surface area contributed by atoms with E-state index in [1.165, 1.54) is 0 Å². The molecule has 0 aromatic heterocycles. The van der Waals surface area contributed by atoms with Crippen LogP contribution in [0.2, 0.25) is 0 Å². The Hall–Kier alpha value is 3.78. The van der Waals surface area contributed by atoms with Gasteiger partial charge in [-0.05, 0) is 49.4 Å². The van der Waals surface area contributed by atoms with E-state index in [2.05, 4.69) is 0 Å². The van der Waals surface area contributed by atoms with Crippen molar-refractivity contribution in [2.24, 2.45) is 10.8 Å². The smallest absolute Gasteiger partial charge is 0 e. The summed E-state index contributed by atoms with van der Waals surface area (Å²) in [6, 6.07) is 0. The first-order chi connectivity index (χ1) is 5.87. The van der Waals surface area contributed by atoms with Crippen molar-refractivity contribution in [1.29, 1.82) is 0 Å². The third-order valence-corrected chi connectivity index (χ3v) is 5.31. The Bertz CT molecular complexity index is 173. The average Bonchev–Trinajstić information content (AvgIpc) is 2.57. The van der Waals surface area contributed by atoms with Crippen molar-refractivity contribution in [3.05, 3.63) is 0 Å². The predicted molar refractivity (Wildman–Crippen MR) is 51.0 cm³/mol. The van der Waals surface area contributed by atoms with Crippen molar-refractivity contribution < 1.29 is 113 Å². The molecular formula is C12H20Ar3. The van der Waals surface area contributed by atoms with Crippen LogP contribution in [0.4, 0.5) is 0 Å². The molecule has 0 heterocycles. The molecule has 3 aliphatic carbocycles. The molecule has 0 bridgehead atoms. The van der Waals surface area contributed by atoms with Gasteiger partial charge in [-0.15, -0.1) is 0 Å². The van der Waals surface area contributed by atoms with Gasteiger partial charge in [0, 0.05) is 113 Å². The van der Waals surface area contributed by atoms with Crippen LogP contribution < -0.4 is 0 Å². The maximum atomic E-state index is 1.59. The zero-order valence-electron chi connectivity index (χ0n) is 9.13. The molecule has 0 spiro atoms. The fourth-order valence-corrected chi connectivity index (χ4v) is 4.80. The molecule has 0 aromatic rings. The number of hydrogen-bond acceptors (Lipinski definition) is 0. The van der Waals surface area contributed by atoms with Crippen LogP contribution in [0, 0.1) is 124 Å². The summed E-state index contributed by atoms with van der Waals surface area (Å²) >= 11 is 0. The molecule has 0 aromatic carbocycles. The summed E-state index contributed by atoms with van der Waals surface area (Å²) in [5.74, 6) is 0. The van der Waals surface area contributed by atoms with Gasteiger partial charge in [0.1, 0.15) is 0 Å². The molecule has 3 heteroatoms. The molecule has 0 saturated heterocycles. The van der Waals surface area contributed by atoms with Gasteiger partial charge in [-0.3, -0.25) is 0 Å². The van der Waals surface area contributed by atoms with E-state index in [0.717, 1.165) is 10.8 Å². The van der Waals surface area contributed by atoms with Crippen molar-refractivity contribution in [3.63, 3.8) is 0 Å². The standard InChI is InChI=1S/C12H20.3Ar/c1-2-6-12-9-3-7-11(12,5-1)8-4-10-12;;;/h1-10H2;;;. The molecule has 0 unspecified atom stereocenters. The Kier molecular flexibility index (Phi) is 9.43. The van der Waals surface area contributed by atoms with Gasteiger partial charge in [0.2, 0.25) is 0 Å². The van der Waals surface area contributed by atoms with E-state index < -0.39 is 0 Å². The molecular weight excluding hydrogens is 264 g/mol. The van der Waals surface area contributed by atoms with E-state index >= 15 is 0 Å². The molecule has 0 aliphatic heterocycles. The Labute approximate surface area is 184 Å². The number of rotatable bonds is 0. The Morgan fingerprint density at radius 1 is 0.400 bits per heavy atom. The number of hydrogen-bond donors (Lipinski definition) is 0. The molecule has 3 rings (SSSR count). The topological polar surface area (TPSA) is 0 Å². The molecule has 3 fully saturated rings. The van der Waals surface area contributed by atoms with E-state index in [1.807, 2.05) is 0 Å². The van der Waals surface area contributed by atoms with Crippen LogP contribution in [-0.4, -0.2) is 0 Å². The van der Waals surface area contributed by atoms with Crippen LogP contribution in [-0.2, 0) is 0 Å². The normalized spacial score (nSPS) is 41.6. The van der Waals surface area contributed by atoms with Gasteiger partial charge in [-0.2, -0.15) is 0 Å². The van der Waals surface area contributed by atoms with Crippen molar-refractivity contribution in [2.75, 3.05) is 0 Å². The molecule has 3 saturated carbocycles. The summed E-state index contributed by atoms with van der Waals surface area (Å²) in [6.45, 7) is 0. The van der Waals surface area contributed by atoms with E-state index in [9.17, 15) is 0 Å². The summed E-state index contributed by atoms with van der Waals surface area (Å²) in [5, 5.41) is 0. The zero-order valence-corrected chi connectivity index (χ0v) is 11.3. The Morgan fingerprint density at radius 2 is 0.667 bits per heavy atom. The van der Waals surface area contributed by atoms with Crippen molar-refractivity contribution in [2.45, 2.75) is 64.2 Å². The molecule has 0 nitrogen and oxygen atoms in total. The minimum absolute atomic E-state index is 0. The van der Waals surface area contributed by atoms with E-state index in [4.69, 9.17) is 0 Å². The molecule has 0 atom stereocenters. The first-order valence-corrected chi connectivity index (χ1v) is 5.87. The minimum atomic E-state index is 0. The quantitative estimate of drug-likeness (QED) is 0.633. The summed E-state index contributed by atoms with van der Waals surface area (Å²) in [4.78, 5) is 0. The summed E-state index contributed by atoms with van der Waals surface area (Å²) in [6.07, 6.45) is 15.7. The fourth-order valence-electron chi connectivity index (χ4n) is 4.80. The molecule has 15 heavy (non-hydrogen) atoms. The van der Waals surface area contributed by atoms with Gasteiger partial charge < -0.3 is 0 Å². The fraction of sp³-hybridized carbons (Fsp3) is 1.00. The second kappa shape index (κ2) is 7.53. The monoisotopic (exact) mass is 284 g/mol. The van der Waals surface area contributed by atoms with Crippen LogP contribution in [0.1, 0.15) is 64.2 Å². The van der Waals surface area contributed by atoms with Gasteiger partial charge in [-0.1, -0.05) is 25.7 Å². The van der Waals surface area contributed by atoms with Gasteiger partial charge >= 0.3 is 0 Å². The molecule has 92 valence electrons. The molecule has 0 amide bonds. The molecule has 3 aliphatic rings. The zero-order chi connectivity index (χ0) is 8.07. The van der Waals surface area contributed by atoms with Gasteiger partial charge in [0.05, 0.1) is 0 Å². The third kappa shape index (κ3) is 3.10. The van der Waals surface area contributed by atoms with Crippen molar-refractivity contribution in [1.82, 2.24) is 0 Å². The van der Waals surface area contributed by atoms with Crippen molar-refractivity contribution >= 4 is 0 Å². The summed E-state index contributed by atoms with van der Waals surface area (Å²) in [5.41, 5.74) is 1.76. The largest absolute Gasteiger partial charge is 0.0527 e. The Balaban J connectivity index is 0.000000653. The maximum absolute atomic E-state index is 1.59. The van der Waals surface area contributed by atoms with Crippen LogP contribution >= 0.6 is 0 Å². The maximum Gasteiger partial charge on any atom is 0 e. The third-order valence-electron chi connectivity index (χ3n) is 5.31. The predicted octanol–water partition coefficient (Wildman–Crippen LogP) is 3.90. The minimum Gasteiger partial charge on any atom is -0.0527 e. The molecule has 0 radical (unpaired) electrons. The van der Waals surface area contributed by atoms with Crippen LogP contribution in [0.3, 0.4) is 0 Å².